The molecule has 3 heterocycles. The van der Waals surface area contributed by atoms with Crippen LogP contribution in [0.25, 0.3) is 28.2 Å². The summed E-state index contributed by atoms with van der Waals surface area (Å²) >= 11 is 0. The number of carbonyl (C=O) groups is 1. The first-order valence-electron chi connectivity index (χ1n) is 8.25. The highest BCUT2D eigenvalue weighted by atomic mass is 19.4. The minimum Gasteiger partial charge on any atom is -0.366 e. The molecular weight excluding hydrogens is 371 g/mol. The number of benzene rings is 1. The van der Waals surface area contributed by atoms with E-state index in [0.29, 0.717) is 22.5 Å². The van der Waals surface area contributed by atoms with Gasteiger partial charge in [0.2, 0.25) is 0 Å². The lowest BCUT2D eigenvalue weighted by atomic mass is 9.99. The zero-order chi connectivity index (χ0) is 20.1. The number of nitrogens with two attached hydrogens (primary N) is 1. The summed E-state index contributed by atoms with van der Waals surface area (Å²) < 4.78 is 41.1. The summed E-state index contributed by atoms with van der Waals surface area (Å²) in [6.07, 6.45) is -1.42. The van der Waals surface area contributed by atoms with Crippen LogP contribution in [0.15, 0.2) is 48.9 Å². The van der Waals surface area contributed by atoms with Crippen molar-refractivity contribution in [3.05, 3.63) is 65.6 Å². The van der Waals surface area contributed by atoms with Crippen molar-refractivity contribution in [1.82, 2.24) is 19.6 Å². The number of hydrogen-bond donors (Lipinski definition) is 2. The minimum atomic E-state index is -4.50. The number of aromatic amines is 1. The van der Waals surface area contributed by atoms with Crippen LogP contribution < -0.4 is 5.73 Å². The number of fused-ring (bicyclic) bond motifs is 1. The number of nitrogens with zero attached hydrogens (tertiary/aromatic N) is 3. The normalized spacial score (nSPS) is 11.9. The number of aromatic nitrogens is 4. The smallest absolute Gasteiger partial charge is 0.366 e. The van der Waals surface area contributed by atoms with Crippen molar-refractivity contribution in [2.45, 2.75) is 13.1 Å². The summed E-state index contributed by atoms with van der Waals surface area (Å²) in [7, 11) is 0. The Morgan fingerprint density at radius 2 is 2.00 bits per heavy atom. The molecule has 6 nitrogen and oxygen atoms in total. The van der Waals surface area contributed by atoms with Gasteiger partial charge in [-0.25, -0.2) is 9.50 Å². The fourth-order valence-corrected chi connectivity index (χ4v) is 3.13. The molecule has 3 aromatic heterocycles. The number of carbonyl (C=O) groups excluding carboxylic acids is 1. The zero-order valence-electron chi connectivity index (χ0n) is 14.6. The van der Waals surface area contributed by atoms with E-state index in [9.17, 15) is 18.0 Å². The average Bonchev–Trinajstić information content (AvgIpc) is 3.28. The van der Waals surface area contributed by atoms with Gasteiger partial charge in [0.05, 0.1) is 28.0 Å². The van der Waals surface area contributed by atoms with Gasteiger partial charge in [0, 0.05) is 11.8 Å². The molecular formula is C19H14F3N5O. The lowest BCUT2D eigenvalue weighted by Crippen LogP contribution is -2.11. The fraction of sp³-hybridized carbons (Fsp3) is 0.105. The van der Waals surface area contributed by atoms with Crippen LogP contribution in [0.2, 0.25) is 0 Å². The van der Waals surface area contributed by atoms with Gasteiger partial charge in [0.25, 0.3) is 5.91 Å². The van der Waals surface area contributed by atoms with Crippen molar-refractivity contribution in [2.75, 3.05) is 0 Å². The summed E-state index contributed by atoms with van der Waals surface area (Å²) in [6, 6.07) is 8.43. The molecule has 3 N–H and O–H groups in total. The Morgan fingerprint density at radius 1 is 1.21 bits per heavy atom. The highest BCUT2D eigenvalue weighted by molar-refractivity contribution is 6.01. The number of nitrogens with one attached hydrogen (secondary N) is 1. The molecule has 28 heavy (non-hydrogen) atoms. The van der Waals surface area contributed by atoms with Gasteiger partial charge in [-0.1, -0.05) is 6.07 Å². The number of rotatable bonds is 3. The fourth-order valence-electron chi connectivity index (χ4n) is 3.13. The van der Waals surface area contributed by atoms with Crippen molar-refractivity contribution < 1.29 is 18.0 Å². The molecule has 4 aromatic rings. The number of H-pyrrole nitrogens is 1. The molecule has 142 valence electrons. The second-order valence-corrected chi connectivity index (χ2v) is 6.31. The molecule has 0 radical (unpaired) electrons. The highest BCUT2D eigenvalue weighted by Crippen LogP contribution is 2.36. The topological polar surface area (TPSA) is 89.1 Å². The number of alkyl halides is 3. The standard InChI is InChI=1S/C19H14F3N5O/c1-10-4-5-11(19(20,21)22)7-12(10)16-13(18(23)28)8-14(26-16)17-15-3-2-6-27(15)25-9-24-17/h2-9,26H,1H3,(H2,23,28). The van der Waals surface area contributed by atoms with E-state index in [0.717, 1.165) is 12.1 Å². The van der Waals surface area contributed by atoms with Crippen LogP contribution >= 0.6 is 0 Å². The van der Waals surface area contributed by atoms with Crippen LogP contribution in [-0.4, -0.2) is 25.5 Å². The Bertz CT molecular complexity index is 1210. The van der Waals surface area contributed by atoms with E-state index in [1.807, 2.05) is 0 Å². The molecule has 0 atom stereocenters. The lowest BCUT2D eigenvalue weighted by molar-refractivity contribution is -0.137. The molecule has 0 bridgehead atoms. The molecule has 0 fully saturated rings. The average molecular weight is 385 g/mol. The van der Waals surface area contributed by atoms with E-state index in [4.69, 9.17) is 5.73 Å². The maximum Gasteiger partial charge on any atom is 0.416 e. The summed E-state index contributed by atoms with van der Waals surface area (Å²) in [4.78, 5) is 19.3. The van der Waals surface area contributed by atoms with Gasteiger partial charge >= 0.3 is 6.18 Å². The van der Waals surface area contributed by atoms with Gasteiger partial charge in [-0.05, 0) is 42.8 Å². The van der Waals surface area contributed by atoms with Crippen molar-refractivity contribution in [2.24, 2.45) is 5.73 Å². The van der Waals surface area contributed by atoms with Crippen LogP contribution in [-0.2, 0) is 6.18 Å². The third-order valence-electron chi connectivity index (χ3n) is 4.51. The van der Waals surface area contributed by atoms with Crippen molar-refractivity contribution in [1.29, 1.82) is 0 Å². The Balaban J connectivity index is 1.94. The Labute approximate surface area is 156 Å². The first-order valence-corrected chi connectivity index (χ1v) is 8.25. The number of amides is 1. The minimum absolute atomic E-state index is 0.0840. The number of hydrogen-bond acceptors (Lipinski definition) is 3. The largest absolute Gasteiger partial charge is 0.416 e. The Kier molecular flexibility index (Phi) is 3.95. The van der Waals surface area contributed by atoms with Gasteiger partial charge in [-0.3, -0.25) is 4.79 Å². The van der Waals surface area contributed by atoms with Gasteiger partial charge < -0.3 is 10.7 Å². The van der Waals surface area contributed by atoms with Crippen LogP contribution in [0.5, 0.6) is 0 Å². The highest BCUT2D eigenvalue weighted by Gasteiger charge is 2.31. The Hall–Kier alpha value is -3.62. The third-order valence-corrected chi connectivity index (χ3v) is 4.51. The summed E-state index contributed by atoms with van der Waals surface area (Å²) in [5, 5.41) is 4.08. The second kappa shape index (κ2) is 6.22. The SMILES string of the molecule is Cc1ccc(C(F)(F)F)cc1-c1[nH]c(-c2ncnn3cccc23)cc1C(N)=O. The predicted octanol–water partition coefficient (Wildman–Crippen LogP) is 3.82. The van der Waals surface area contributed by atoms with Crippen LogP contribution in [0.1, 0.15) is 21.5 Å². The zero-order valence-corrected chi connectivity index (χ0v) is 14.6. The van der Waals surface area contributed by atoms with Gasteiger partial charge in [-0.2, -0.15) is 18.3 Å². The molecule has 1 amide bonds. The van der Waals surface area contributed by atoms with Crippen LogP contribution in [0.4, 0.5) is 13.2 Å². The van der Waals surface area contributed by atoms with E-state index < -0.39 is 17.6 Å². The number of halogens is 3. The van der Waals surface area contributed by atoms with Crippen molar-refractivity contribution in [3.63, 3.8) is 0 Å². The molecule has 0 saturated heterocycles. The van der Waals surface area contributed by atoms with Crippen molar-refractivity contribution >= 4 is 11.4 Å². The van der Waals surface area contributed by atoms with Gasteiger partial charge in [0.1, 0.15) is 12.0 Å². The molecule has 0 spiro atoms. The molecule has 0 unspecified atom stereocenters. The van der Waals surface area contributed by atoms with Crippen LogP contribution in [0.3, 0.4) is 0 Å². The predicted molar refractivity (Wildman–Crippen MR) is 96.5 cm³/mol. The summed E-state index contributed by atoms with van der Waals surface area (Å²) in [6.45, 7) is 1.66. The molecule has 0 aliphatic carbocycles. The number of primary amides is 1. The third kappa shape index (κ3) is 2.90. The van der Waals surface area contributed by atoms with E-state index in [1.54, 1.807) is 29.8 Å². The van der Waals surface area contributed by atoms with E-state index in [2.05, 4.69) is 15.1 Å². The molecule has 0 aliphatic heterocycles. The number of aryl methyl sites for hydroxylation is 1. The molecule has 4 rings (SSSR count). The molecule has 9 heteroatoms. The Morgan fingerprint density at radius 3 is 2.71 bits per heavy atom. The molecule has 0 saturated carbocycles. The monoisotopic (exact) mass is 385 g/mol. The first-order chi connectivity index (χ1) is 13.3. The second-order valence-electron chi connectivity index (χ2n) is 6.31. The maximum atomic E-state index is 13.2. The van der Waals surface area contributed by atoms with Crippen molar-refractivity contribution in [3.8, 4) is 22.6 Å². The summed E-state index contributed by atoms with van der Waals surface area (Å²) in [5.41, 5.74) is 7.42. The maximum absolute atomic E-state index is 13.2. The molecule has 1 aromatic carbocycles. The quantitative estimate of drug-likeness (QED) is 0.562. The summed E-state index contributed by atoms with van der Waals surface area (Å²) in [5.74, 6) is -0.755. The van der Waals surface area contributed by atoms with Gasteiger partial charge in [0.15, 0.2) is 0 Å². The lowest BCUT2D eigenvalue weighted by Gasteiger charge is -2.11. The van der Waals surface area contributed by atoms with E-state index in [1.165, 1.54) is 18.5 Å². The van der Waals surface area contributed by atoms with Crippen LogP contribution in [0, 0.1) is 6.92 Å². The molecule has 0 aliphatic rings. The first kappa shape index (κ1) is 17.8. The van der Waals surface area contributed by atoms with Gasteiger partial charge in [-0.15, -0.1) is 0 Å². The van der Waals surface area contributed by atoms with E-state index in [-0.39, 0.29) is 16.8 Å². The van der Waals surface area contributed by atoms with E-state index >= 15 is 0 Å².